The van der Waals surface area contributed by atoms with E-state index in [1.165, 1.54) is 4.68 Å². The summed E-state index contributed by atoms with van der Waals surface area (Å²) in [6, 6.07) is 1.61. The summed E-state index contributed by atoms with van der Waals surface area (Å²) in [6.45, 7) is 4.67. The lowest BCUT2D eigenvalue weighted by Gasteiger charge is -2.34. The second-order valence-electron chi connectivity index (χ2n) is 7.27. The number of anilines is 1. The predicted molar refractivity (Wildman–Crippen MR) is 99.3 cm³/mol. The summed E-state index contributed by atoms with van der Waals surface area (Å²) in [5.74, 6) is 0.308. The van der Waals surface area contributed by atoms with Crippen molar-refractivity contribution in [2.24, 2.45) is 13.0 Å². The lowest BCUT2D eigenvalue weighted by Crippen LogP contribution is -2.45. The number of aryl methyl sites for hydroxylation is 1. The standard InChI is InChI=1S/C18H29N5O3/c1-21-7-4-14(5-8-21)18(25)19-6-3-16-13-23(9-10-26-16)15-11-17(24)22(2)20-12-15/h11-12,14,16H,3-10,13H2,1-2H3,(H,19,25). The number of likely N-dealkylation sites (tertiary alicyclic amines) is 1. The number of piperidine rings is 1. The van der Waals surface area contributed by atoms with Gasteiger partial charge in [-0.15, -0.1) is 0 Å². The quantitative estimate of drug-likeness (QED) is 0.783. The molecule has 8 heteroatoms. The molecular weight excluding hydrogens is 334 g/mol. The normalized spacial score (nSPS) is 22.4. The highest BCUT2D eigenvalue weighted by atomic mass is 16.5. The first kappa shape index (κ1) is 18.8. The second-order valence-corrected chi connectivity index (χ2v) is 7.27. The molecule has 8 nitrogen and oxygen atoms in total. The molecule has 1 amide bonds. The van der Waals surface area contributed by atoms with Gasteiger partial charge in [0.05, 0.1) is 24.6 Å². The Labute approximate surface area is 154 Å². The van der Waals surface area contributed by atoms with E-state index >= 15 is 0 Å². The fourth-order valence-electron chi connectivity index (χ4n) is 3.53. The molecule has 1 atom stereocenters. The average molecular weight is 363 g/mol. The summed E-state index contributed by atoms with van der Waals surface area (Å²) in [4.78, 5) is 28.4. The van der Waals surface area contributed by atoms with E-state index < -0.39 is 0 Å². The van der Waals surface area contributed by atoms with Gasteiger partial charge >= 0.3 is 0 Å². The molecule has 0 saturated carbocycles. The Morgan fingerprint density at radius 2 is 2.08 bits per heavy atom. The minimum Gasteiger partial charge on any atom is -0.374 e. The third-order valence-corrected chi connectivity index (χ3v) is 5.31. The van der Waals surface area contributed by atoms with Crippen molar-refractivity contribution in [1.29, 1.82) is 0 Å². The van der Waals surface area contributed by atoms with Gasteiger partial charge in [-0.25, -0.2) is 4.68 Å². The number of amides is 1. The summed E-state index contributed by atoms with van der Waals surface area (Å²) in [7, 11) is 3.74. The highest BCUT2D eigenvalue weighted by molar-refractivity contribution is 5.78. The number of nitrogens with one attached hydrogen (secondary N) is 1. The van der Waals surface area contributed by atoms with Crippen LogP contribution in [0.5, 0.6) is 0 Å². The summed E-state index contributed by atoms with van der Waals surface area (Å²) < 4.78 is 7.14. The van der Waals surface area contributed by atoms with E-state index in [0.717, 1.165) is 44.6 Å². The SMILES string of the molecule is CN1CCC(C(=O)NCCC2CN(c3cnn(C)c(=O)c3)CCO2)CC1. The Balaban J connectivity index is 1.44. The van der Waals surface area contributed by atoms with Crippen molar-refractivity contribution in [3.8, 4) is 0 Å². The predicted octanol–water partition coefficient (Wildman–Crippen LogP) is -0.166. The highest BCUT2D eigenvalue weighted by Crippen LogP contribution is 2.17. The van der Waals surface area contributed by atoms with Crippen LogP contribution in [-0.2, 0) is 16.6 Å². The van der Waals surface area contributed by atoms with Crippen molar-refractivity contribution < 1.29 is 9.53 Å². The smallest absolute Gasteiger partial charge is 0.268 e. The van der Waals surface area contributed by atoms with Gasteiger partial charge in [0.2, 0.25) is 5.91 Å². The van der Waals surface area contributed by atoms with Crippen LogP contribution in [0.2, 0.25) is 0 Å². The van der Waals surface area contributed by atoms with Crippen molar-refractivity contribution in [3.05, 3.63) is 22.6 Å². The highest BCUT2D eigenvalue weighted by Gasteiger charge is 2.24. The Morgan fingerprint density at radius 3 is 2.81 bits per heavy atom. The Hall–Kier alpha value is -1.93. The van der Waals surface area contributed by atoms with Gasteiger partial charge in [-0.1, -0.05) is 0 Å². The molecule has 144 valence electrons. The van der Waals surface area contributed by atoms with E-state index in [2.05, 4.69) is 27.3 Å². The van der Waals surface area contributed by atoms with Gasteiger partial charge in [0.1, 0.15) is 0 Å². The number of aromatic nitrogens is 2. The molecule has 0 aromatic carbocycles. The summed E-state index contributed by atoms with van der Waals surface area (Å²) in [6.07, 6.45) is 4.40. The topological polar surface area (TPSA) is 79.7 Å². The van der Waals surface area contributed by atoms with Crippen LogP contribution in [0.1, 0.15) is 19.3 Å². The maximum absolute atomic E-state index is 12.3. The first-order valence-corrected chi connectivity index (χ1v) is 9.39. The number of nitrogens with zero attached hydrogens (tertiary/aromatic N) is 4. The van der Waals surface area contributed by atoms with E-state index in [1.807, 2.05) is 0 Å². The minimum absolute atomic E-state index is 0.0468. The zero-order valence-corrected chi connectivity index (χ0v) is 15.7. The van der Waals surface area contributed by atoms with Crippen LogP contribution < -0.4 is 15.8 Å². The number of carbonyl (C=O) groups is 1. The third-order valence-electron chi connectivity index (χ3n) is 5.31. The number of hydrogen-bond acceptors (Lipinski definition) is 6. The van der Waals surface area contributed by atoms with Crippen LogP contribution in [0.25, 0.3) is 0 Å². The maximum Gasteiger partial charge on any atom is 0.268 e. The van der Waals surface area contributed by atoms with Gasteiger partial charge in [0.15, 0.2) is 0 Å². The van der Waals surface area contributed by atoms with Crippen LogP contribution in [0.4, 0.5) is 5.69 Å². The van der Waals surface area contributed by atoms with Gasteiger partial charge in [-0.3, -0.25) is 9.59 Å². The van der Waals surface area contributed by atoms with E-state index in [9.17, 15) is 9.59 Å². The van der Waals surface area contributed by atoms with Crippen molar-refractivity contribution >= 4 is 11.6 Å². The fraction of sp³-hybridized carbons (Fsp3) is 0.722. The molecule has 3 rings (SSSR count). The molecule has 2 saturated heterocycles. The number of ether oxygens (including phenoxy) is 1. The Kier molecular flexibility index (Phi) is 6.26. The third kappa shape index (κ3) is 4.82. The van der Waals surface area contributed by atoms with Crippen molar-refractivity contribution in [2.75, 3.05) is 51.3 Å². The lowest BCUT2D eigenvalue weighted by atomic mass is 9.96. The Bertz CT molecular complexity index is 669. The first-order valence-electron chi connectivity index (χ1n) is 9.39. The largest absolute Gasteiger partial charge is 0.374 e. The molecule has 1 N–H and O–H groups in total. The van der Waals surface area contributed by atoms with Gasteiger partial charge in [-0.05, 0) is 39.4 Å². The number of hydrogen-bond donors (Lipinski definition) is 1. The van der Waals surface area contributed by atoms with E-state index in [0.29, 0.717) is 19.7 Å². The van der Waals surface area contributed by atoms with Crippen LogP contribution in [0.15, 0.2) is 17.1 Å². The molecule has 2 aliphatic heterocycles. The summed E-state index contributed by atoms with van der Waals surface area (Å²) >= 11 is 0. The van der Waals surface area contributed by atoms with E-state index in [4.69, 9.17) is 4.74 Å². The molecule has 1 aromatic heterocycles. The number of morpholine rings is 1. The second kappa shape index (κ2) is 8.64. The minimum atomic E-state index is -0.115. The monoisotopic (exact) mass is 363 g/mol. The van der Waals surface area contributed by atoms with Gasteiger partial charge < -0.3 is 19.9 Å². The molecule has 2 fully saturated rings. The van der Waals surface area contributed by atoms with Gasteiger partial charge in [-0.2, -0.15) is 5.10 Å². The number of rotatable bonds is 5. The van der Waals surface area contributed by atoms with E-state index in [-0.39, 0.29) is 23.5 Å². The van der Waals surface area contributed by atoms with Crippen molar-refractivity contribution in [3.63, 3.8) is 0 Å². The molecule has 1 aromatic rings. The molecular formula is C18H29N5O3. The van der Waals surface area contributed by atoms with Crippen LogP contribution in [-0.4, -0.2) is 73.1 Å². The van der Waals surface area contributed by atoms with Gasteiger partial charge in [0, 0.05) is 38.7 Å². The van der Waals surface area contributed by atoms with Crippen LogP contribution in [0.3, 0.4) is 0 Å². The van der Waals surface area contributed by atoms with Crippen molar-refractivity contribution in [1.82, 2.24) is 20.0 Å². The van der Waals surface area contributed by atoms with Gasteiger partial charge in [0.25, 0.3) is 5.56 Å². The lowest BCUT2D eigenvalue weighted by molar-refractivity contribution is -0.126. The first-order chi connectivity index (χ1) is 12.5. The fourth-order valence-corrected chi connectivity index (χ4v) is 3.53. The molecule has 0 bridgehead atoms. The van der Waals surface area contributed by atoms with Crippen LogP contribution in [0, 0.1) is 5.92 Å². The number of carbonyl (C=O) groups excluding carboxylic acids is 1. The van der Waals surface area contributed by atoms with Crippen molar-refractivity contribution in [2.45, 2.75) is 25.4 Å². The molecule has 1 unspecified atom stereocenters. The summed E-state index contributed by atoms with van der Waals surface area (Å²) in [5.41, 5.74) is 0.715. The maximum atomic E-state index is 12.3. The molecule has 0 radical (unpaired) electrons. The molecule has 26 heavy (non-hydrogen) atoms. The molecule has 0 aliphatic carbocycles. The average Bonchev–Trinajstić information content (AvgIpc) is 2.65. The summed E-state index contributed by atoms with van der Waals surface area (Å²) in [5, 5.41) is 7.15. The zero-order chi connectivity index (χ0) is 18.5. The van der Waals surface area contributed by atoms with Crippen LogP contribution >= 0.6 is 0 Å². The zero-order valence-electron chi connectivity index (χ0n) is 15.7. The molecule has 3 heterocycles. The molecule has 0 spiro atoms. The van der Waals surface area contributed by atoms with E-state index in [1.54, 1.807) is 19.3 Å². The Morgan fingerprint density at radius 1 is 1.31 bits per heavy atom. The molecule has 2 aliphatic rings.